The monoisotopic (exact) mass is 403 g/mol. The van der Waals surface area contributed by atoms with Crippen LogP contribution in [-0.4, -0.2) is 20.5 Å². The quantitative estimate of drug-likeness (QED) is 0.349. The van der Waals surface area contributed by atoms with Crippen LogP contribution in [0.25, 0.3) is 23.2 Å². The minimum absolute atomic E-state index is 0.704. The van der Waals surface area contributed by atoms with Gasteiger partial charge in [-0.05, 0) is 42.0 Å². The van der Waals surface area contributed by atoms with Crippen LogP contribution >= 0.6 is 23.4 Å². The van der Waals surface area contributed by atoms with E-state index in [-0.39, 0.29) is 0 Å². The maximum atomic E-state index is 6.04. The molecule has 0 amide bonds. The molecule has 3 nitrogen and oxygen atoms in total. The number of aromatic nitrogens is 3. The third kappa shape index (κ3) is 4.35. The highest BCUT2D eigenvalue weighted by Crippen LogP contribution is 2.28. The maximum absolute atomic E-state index is 6.04. The van der Waals surface area contributed by atoms with Gasteiger partial charge in [-0.3, -0.25) is 4.57 Å². The first-order valence-corrected chi connectivity index (χ1v) is 10.3. The van der Waals surface area contributed by atoms with Crippen molar-refractivity contribution in [2.45, 2.75) is 5.16 Å². The van der Waals surface area contributed by atoms with Crippen molar-refractivity contribution in [2.24, 2.45) is 0 Å². The molecule has 5 heteroatoms. The summed E-state index contributed by atoms with van der Waals surface area (Å²) in [6, 6.07) is 28.1. The number of hydrogen-bond donors (Lipinski definition) is 0. The highest BCUT2D eigenvalue weighted by Gasteiger charge is 2.15. The summed E-state index contributed by atoms with van der Waals surface area (Å²) in [6.07, 6.45) is 4.27. The van der Waals surface area contributed by atoms with Crippen molar-refractivity contribution >= 4 is 29.4 Å². The first kappa shape index (κ1) is 18.5. The molecule has 0 aliphatic rings. The molecule has 0 saturated carbocycles. The van der Waals surface area contributed by atoms with Gasteiger partial charge in [-0.2, -0.15) is 0 Å². The molecule has 138 valence electrons. The zero-order valence-electron chi connectivity index (χ0n) is 15.1. The van der Waals surface area contributed by atoms with E-state index in [0.29, 0.717) is 5.02 Å². The molecule has 0 N–H and O–H groups in total. The Morgan fingerprint density at radius 2 is 1.50 bits per heavy atom. The van der Waals surface area contributed by atoms with Crippen molar-refractivity contribution in [1.29, 1.82) is 0 Å². The molecule has 4 rings (SSSR count). The molecule has 0 aliphatic carbocycles. The first-order chi connectivity index (χ1) is 13.8. The Morgan fingerprint density at radius 3 is 2.21 bits per heavy atom. The standard InChI is InChI=1S/C23H18ClN3S/c24-20-15-13-19(14-16-20)22-25-26-23(27(22)21-11-5-2-6-12-21)28-17-7-10-18-8-3-1-4-9-18/h1-16H,17H2/b10-7+. The molecule has 4 aromatic rings. The molecule has 1 heterocycles. The van der Waals surface area contributed by atoms with Gasteiger partial charge in [0.15, 0.2) is 11.0 Å². The minimum atomic E-state index is 0.704. The number of rotatable bonds is 6. The summed E-state index contributed by atoms with van der Waals surface area (Å²) in [4.78, 5) is 0. The van der Waals surface area contributed by atoms with E-state index in [4.69, 9.17) is 11.6 Å². The molecule has 0 fully saturated rings. The fraction of sp³-hybridized carbons (Fsp3) is 0.0435. The number of thioether (sulfide) groups is 1. The smallest absolute Gasteiger partial charge is 0.196 e. The highest BCUT2D eigenvalue weighted by molar-refractivity contribution is 7.99. The molecule has 0 atom stereocenters. The lowest BCUT2D eigenvalue weighted by Gasteiger charge is -2.10. The van der Waals surface area contributed by atoms with E-state index in [9.17, 15) is 0 Å². The Morgan fingerprint density at radius 1 is 0.821 bits per heavy atom. The van der Waals surface area contributed by atoms with E-state index in [0.717, 1.165) is 28.0 Å². The van der Waals surface area contributed by atoms with Crippen LogP contribution in [0.2, 0.25) is 5.02 Å². The van der Waals surface area contributed by atoms with Crippen LogP contribution in [0, 0.1) is 0 Å². The molecular weight excluding hydrogens is 386 g/mol. The molecule has 1 aromatic heterocycles. The van der Waals surface area contributed by atoms with Gasteiger partial charge in [-0.25, -0.2) is 0 Å². The van der Waals surface area contributed by atoms with Gasteiger partial charge in [0.05, 0.1) is 0 Å². The second-order valence-electron chi connectivity index (χ2n) is 6.11. The Bertz CT molecular complexity index is 1060. The van der Waals surface area contributed by atoms with E-state index < -0.39 is 0 Å². The molecule has 0 spiro atoms. The summed E-state index contributed by atoms with van der Waals surface area (Å²) in [6.45, 7) is 0. The lowest BCUT2D eigenvalue weighted by Crippen LogP contribution is -1.99. The predicted octanol–water partition coefficient (Wildman–Crippen LogP) is 6.39. The molecule has 28 heavy (non-hydrogen) atoms. The van der Waals surface area contributed by atoms with Crippen LogP contribution in [-0.2, 0) is 0 Å². The van der Waals surface area contributed by atoms with Crippen LogP contribution < -0.4 is 0 Å². The van der Waals surface area contributed by atoms with Gasteiger partial charge >= 0.3 is 0 Å². The molecule has 0 unspecified atom stereocenters. The van der Waals surface area contributed by atoms with Crippen molar-refractivity contribution < 1.29 is 0 Å². The van der Waals surface area contributed by atoms with Crippen LogP contribution in [0.5, 0.6) is 0 Å². The van der Waals surface area contributed by atoms with Crippen molar-refractivity contribution in [2.75, 3.05) is 5.75 Å². The maximum Gasteiger partial charge on any atom is 0.196 e. The van der Waals surface area contributed by atoms with Gasteiger partial charge in [-0.1, -0.05) is 84.0 Å². The Balaban J connectivity index is 1.62. The Kier molecular flexibility index (Phi) is 5.90. The van der Waals surface area contributed by atoms with Crippen LogP contribution in [0.1, 0.15) is 5.56 Å². The topological polar surface area (TPSA) is 30.7 Å². The molecule has 0 bridgehead atoms. The summed E-state index contributed by atoms with van der Waals surface area (Å²) in [5.74, 6) is 1.61. The summed E-state index contributed by atoms with van der Waals surface area (Å²) in [5, 5.41) is 10.5. The number of benzene rings is 3. The summed E-state index contributed by atoms with van der Waals surface area (Å²) in [7, 11) is 0. The highest BCUT2D eigenvalue weighted by atomic mass is 35.5. The molecule has 3 aromatic carbocycles. The predicted molar refractivity (Wildman–Crippen MR) is 118 cm³/mol. The van der Waals surface area contributed by atoms with E-state index in [1.165, 1.54) is 5.56 Å². The van der Waals surface area contributed by atoms with E-state index in [1.807, 2.05) is 60.7 Å². The van der Waals surface area contributed by atoms with Crippen LogP contribution in [0.15, 0.2) is 96.2 Å². The summed E-state index contributed by atoms with van der Waals surface area (Å²) < 4.78 is 2.09. The average Bonchev–Trinajstić information content (AvgIpc) is 3.17. The van der Waals surface area contributed by atoms with E-state index in [1.54, 1.807) is 11.8 Å². The van der Waals surface area contributed by atoms with Gasteiger partial charge in [0.1, 0.15) is 0 Å². The van der Waals surface area contributed by atoms with Crippen LogP contribution in [0.3, 0.4) is 0 Å². The van der Waals surface area contributed by atoms with Crippen molar-refractivity contribution in [3.05, 3.63) is 102 Å². The Labute approximate surface area is 173 Å². The largest absolute Gasteiger partial charge is 0.270 e. The molecular formula is C23H18ClN3S. The number of halogens is 1. The third-order valence-electron chi connectivity index (χ3n) is 4.17. The lowest BCUT2D eigenvalue weighted by molar-refractivity contribution is 0.888. The molecule has 0 saturated heterocycles. The lowest BCUT2D eigenvalue weighted by atomic mass is 10.2. The first-order valence-electron chi connectivity index (χ1n) is 8.92. The van der Waals surface area contributed by atoms with Gasteiger partial charge in [-0.15, -0.1) is 10.2 Å². The number of para-hydroxylation sites is 1. The van der Waals surface area contributed by atoms with E-state index in [2.05, 4.69) is 51.2 Å². The minimum Gasteiger partial charge on any atom is -0.270 e. The zero-order valence-corrected chi connectivity index (χ0v) is 16.6. The SMILES string of the molecule is Clc1ccc(-c2nnc(SC/C=C/c3ccccc3)n2-c2ccccc2)cc1. The van der Waals surface area contributed by atoms with Gasteiger partial charge in [0.25, 0.3) is 0 Å². The number of nitrogens with zero attached hydrogens (tertiary/aromatic N) is 3. The summed E-state index contributed by atoms with van der Waals surface area (Å²) in [5.41, 5.74) is 3.20. The molecule has 0 aliphatic heterocycles. The van der Waals surface area contributed by atoms with Crippen molar-refractivity contribution in [1.82, 2.24) is 14.8 Å². The Hall–Kier alpha value is -2.82. The average molecular weight is 404 g/mol. The van der Waals surface area contributed by atoms with Gasteiger partial charge < -0.3 is 0 Å². The number of hydrogen-bond acceptors (Lipinski definition) is 3. The zero-order chi connectivity index (χ0) is 19.2. The summed E-state index contributed by atoms with van der Waals surface area (Å²) >= 11 is 7.70. The fourth-order valence-electron chi connectivity index (χ4n) is 2.83. The van der Waals surface area contributed by atoms with Crippen molar-refractivity contribution in [3.63, 3.8) is 0 Å². The fourth-order valence-corrected chi connectivity index (χ4v) is 3.72. The van der Waals surface area contributed by atoms with Gasteiger partial charge in [0, 0.05) is 22.0 Å². The second kappa shape index (κ2) is 8.91. The second-order valence-corrected chi connectivity index (χ2v) is 7.53. The van der Waals surface area contributed by atoms with Crippen LogP contribution in [0.4, 0.5) is 0 Å². The van der Waals surface area contributed by atoms with Crippen molar-refractivity contribution in [3.8, 4) is 17.1 Å². The molecule has 0 radical (unpaired) electrons. The van der Waals surface area contributed by atoms with E-state index >= 15 is 0 Å². The third-order valence-corrected chi connectivity index (χ3v) is 5.30. The van der Waals surface area contributed by atoms with Gasteiger partial charge in [0.2, 0.25) is 0 Å². The normalized spacial score (nSPS) is 11.2.